The molecule has 2 atom stereocenters. The molecule has 15 heteroatoms. The molecule has 4 rings (SSSR count). The van der Waals surface area contributed by atoms with Crippen molar-refractivity contribution < 1.29 is 49.9 Å². The van der Waals surface area contributed by atoms with Crippen LogP contribution in [0.5, 0.6) is 0 Å². The average Bonchev–Trinajstić information content (AvgIpc) is 3.32. The largest absolute Gasteiger partial charge is 0.415 e. The number of piperidine rings is 1. The quantitative estimate of drug-likeness (QED) is 0.282. The monoisotopic (exact) mass is 635 g/mol. The summed E-state index contributed by atoms with van der Waals surface area (Å²) in [5, 5.41) is 0. The Bertz CT molecular complexity index is 1350. The highest BCUT2D eigenvalue weighted by atomic mass is 31.2. The van der Waals surface area contributed by atoms with E-state index >= 15 is 0 Å². The van der Waals surface area contributed by atoms with Crippen LogP contribution in [0, 0.1) is 0 Å². The highest BCUT2D eigenvalue weighted by Gasteiger charge is 2.51. The number of alkyl halides is 6. The number of amides is 2. The number of rotatable bonds is 9. The number of likely N-dealkylation sites (tertiary alicyclic amines) is 1. The molecule has 8 nitrogen and oxygen atoms in total. The standard InChI is InChI=1S/C28H32F6N3O5P/c1-19(38)36-14-9-21-7-8-23(15-24(21)36)37(22-10-12-35(13-11-22)17-20-5-3-2-4-6-20)26(39)18-43(40,41)42-25(28(32,33)34)16-27(29,30)31/h2-8,15,22,25H,9-14,16-18H2,1H3,(H,40,41). The Balaban J connectivity index is 1.58. The van der Waals surface area contributed by atoms with Crippen LogP contribution in [0.25, 0.3) is 0 Å². The fraction of sp³-hybridized carbons (Fsp3) is 0.500. The van der Waals surface area contributed by atoms with Gasteiger partial charge in [-0.3, -0.25) is 23.6 Å². The lowest BCUT2D eigenvalue weighted by Gasteiger charge is -2.39. The third-order valence-electron chi connectivity index (χ3n) is 7.47. The first-order valence-electron chi connectivity index (χ1n) is 13.7. The van der Waals surface area contributed by atoms with Crippen molar-refractivity contribution >= 4 is 30.8 Å². The third-order valence-corrected chi connectivity index (χ3v) is 8.73. The fourth-order valence-corrected chi connectivity index (χ4v) is 6.65. The first kappa shape index (κ1) is 33.0. The van der Waals surface area contributed by atoms with Crippen molar-refractivity contribution in [2.45, 2.75) is 63.7 Å². The van der Waals surface area contributed by atoms with Crippen molar-refractivity contribution in [3.8, 4) is 0 Å². The number of hydrogen-bond donors (Lipinski definition) is 1. The molecule has 1 N–H and O–H groups in total. The van der Waals surface area contributed by atoms with Gasteiger partial charge in [0.25, 0.3) is 0 Å². The van der Waals surface area contributed by atoms with Crippen molar-refractivity contribution in [1.82, 2.24) is 4.90 Å². The van der Waals surface area contributed by atoms with Crippen molar-refractivity contribution in [2.75, 3.05) is 35.6 Å². The van der Waals surface area contributed by atoms with Gasteiger partial charge in [0.1, 0.15) is 6.16 Å². The van der Waals surface area contributed by atoms with Crippen LogP contribution in [0.2, 0.25) is 0 Å². The predicted molar refractivity (Wildman–Crippen MR) is 147 cm³/mol. The Morgan fingerprint density at radius 1 is 1.05 bits per heavy atom. The SMILES string of the molecule is CC(=O)N1CCc2ccc(N(C(=O)CP(=O)(O)OC(CC(F)(F)F)C(F)(F)F)C3CCN(Cc4ccccc4)CC3)cc21. The van der Waals surface area contributed by atoms with Crippen LogP contribution in [0.4, 0.5) is 37.7 Å². The van der Waals surface area contributed by atoms with Gasteiger partial charge in [0.05, 0.1) is 6.42 Å². The maximum absolute atomic E-state index is 13.6. The number of fused-ring (bicyclic) bond motifs is 1. The number of halogens is 6. The van der Waals surface area contributed by atoms with E-state index in [0.29, 0.717) is 51.1 Å². The molecular weight excluding hydrogens is 603 g/mol. The van der Waals surface area contributed by atoms with Crippen LogP contribution >= 0.6 is 7.60 Å². The second-order valence-electron chi connectivity index (χ2n) is 10.7. The van der Waals surface area contributed by atoms with E-state index in [9.17, 15) is 45.4 Å². The van der Waals surface area contributed by atoms with Gasteiger partial charge in [-0.25, -0.2) is 0 Å². The zero-order valence-corrected chi connectivity index (χ0v) is 24.2. The molecule has 0 radical (unpaired) electrons. The van der Waals surface area contributed by atoms with Gasteiger partial charge in [0.2, 0.25) is 11.8 Å². The fourth-order valence-electron chi connectivity index (χ4n) is 5.49. The summed E-state index contributed by atoms with van der Waals surface area (Å²) in [7, 11) is -5.50. The highest BCUT2D eigenvalue weighted by Crippen LogP contribution is 2.49. The first-order valence-corrected chi connectivity index (χ1v) is 15.4. The summed E-state index contributed by atoms with van der Waals surface area (Å²) in [4.78, 5) is 40.9. The van der Waals surface area contributed by atoms with Crippen molar-refractivity contribution in [3.63, 3.8) is 0 Å². The van der Waals surface area contributed by atoms with Gasteiger partial charge in [0.15, 0.2) is 6.10 Å². The van der Waals surface area contributed by atoms with Crippen molar-refractivity contribution in [1.29, 1.82) is 0 Å². The molecule has 0 spiro atoms. The Hall–Kier alpha value is -2.93. The normalized spacial score (nSPS) is 18.7. The van der Waals surface area contributed by atoms with Gasteiger partial charge >= 0.3 is 19.9 Å². The van der Waals surface area contributed by atoms with Crippen LogP contribution in [-0.4, -0.2) is 71.9 Å². The molecule has 2 aliphatic rings. The minimum atomic E-state index is -5.60. The molecule has 2 amide bonds. The van der Waals surface area contributed by atoms with Crippen LogP contribution in [0.1, 0.15) is 37.3 Å². The van der Waals surface area contributed by atoms with E-state index in [1.807, 2.05) is 30.3 Å². The number of anilines is 2. The van der Waals surface area contributed by atoms with Crippen LogP contribution < -0.4 is 9.80 Å². The van der Waals surface area contributed by atoms with Crippen LogP contribution in [-0.2, 0) is 31.6 Å². The van der Waals surface area contributed by atoms with E-state index in [1.165, 1.54) is 16.7 Å². The van der Waals surface area contributed by atoms with E-state index in [1.54, 1.807) is 18.2 Å². The van der Waals surface area contributed by atoms with E-state index in [0.717, 1.165) is 11.1 Å². The van der Waals surface area contributed by atoms with E-state index in [-0.39, 0.29) is 11.6 Å². The molecule has 2 heterocycles. The number of carbonyl (C=O) groups excluding carboxylic acids is 2. The Morgan fingerprint density at radius 3 is 2.28 bits per heavy atom. The molecule has 0 bridgehead atoms. The van der Waals surface area contributed by atoms with Gasteiger partial charge in [0, 0.05) is 50.5 Å². The zero-order valence-electron chi connectivity index (χ0n) is 23.3. The summed E-state index contributed by atoms with van der Waals surface area (Å²) < 4.78 is 94.9. The van der Waals surface area contributed by atoms with Gasteiger partial charge < -0.3 is 14.7 Å². The Labute approximate surface area is 244 Å². The maximum Gasteiger partial charge on any atom is 0.415 e. The second-order valence-corrected chi connectivity index (χ2v) is 12.5. The molecule has 2 unspecified atom stereocenters. The lowest BCUT2D eigenvalue weighted by molar-refractivity contribution is -0.235. The minimum absolute atomic E-state index is 0.237. The predicted octanol–water partition coefficient (Wildman–Crippen LogP) is 5.68. The molecule has 1 saturated heterocycles. The summed E-state index contributed by atoms with van der Waals surface area (Å²) in [6.45, 7) is 3.50. The average molecular weight is 636 g/mol. The molecule has 2 aromatic rings. The molecule has 2 aliphatic heterocycles. The van der Waals surface area contributed by atoms with Crippen molar-refractivity contribution in [2.24, 2.45) is 0 Å². The highest BCUT2D eigenvalue weighted by molar-refractivity contribution is 7.53. The van der Waals surface area contributed by atoms with E-state index in [2.05, 4.69) is 9.42 Å². The first-order chi connectivity index (χ1) is 20.0. The van der Waals surface area contributed by atoms with E-state index in [4.69, 9.17) is 0 Å². The number of benzene rings is 2. The van der Waals surface area contributed by atoms with Gasteiger partial charge in [-0.1, -0.05) is 36.4 Å². The van der Waals surface area contributed by atoms with Crippen molar-refractivity contribution in [3.05, 3.63) is 59.7 Å². The molecule has 0 aromatic heterocycles. The summed E-state index contributed by atoms with van der Waals surface area (Å²) in [6, 6.07) is 14.0. The number of hydrogen-bond acceptors (Lipinski definition) is 5. The summed E-state index contributed by atoms with van der Waals surface area (Å²) in [5.74, 6) is -1.31. The molecule has 2 aromatic carbocycles. The topological polar surface area (TPSA) is 90.4 Å². The number of carbonyl (C=O) groups is 2. The maximum atomic E-state index is 13.6. The zero-order chi connectivity index (χ0) is 31.6. The van der Waals surface area contributed by atoms with Crippen LogP contribution in [0.15, 0.2) is 48.5 Å². The summed E-state index contributed by atoms with van der Waals surface area (Å²) >= 11 is 0. The van der Waals surface area contributed by atoms with Gasteiger partial charge in [-0.05, 0) is 42.5 Å². The second kappa shape index (κ2) is 13.0. The molecular formula is C28H32F6N3O5P. The summed E-state index contributed by atoms with van der Waals surface area (Å²) in [5.41, 5.74) is 2.70. The van der Waals surface area contributed by atoms with E-state index < -0.39 is 50.6 Å². The van der Waals surface area contributed by atoms with Crippen LogP contribution in [0.3, 0.4) is 0 Å². The minimum Gasteiger partial charge on any atom is -0.324 e. The lowest BCUT2D eigenvalue weighted by Crippen LogP contribution is -2.48. The molecule has 236 valence electrons. The Morgan fingerprint density at radius 2 is 1.70 bits per heavy atom. The molecule has 0 saturated carbocycles. The van der Waals surface area contributed by atoms with Gasteiger partial charge in [-0.2, -0.15) is 26.3 Å². The molecule has 43 heavy (non-hydrogen) atoms. The smallest absolute Gasteiger partial charge is 0.324 e. The summed E-state index contributed by atoms with van der Waals surface area (Å²) in [6.07, 6.45) is -17.2. The lowest BCUT2D eigenvalue weighted by atomic mass is 10.0. The molecule has 0 aliphatic carbocycles. The molecule has 1 fully saturated rings. The Kier molecular flexibility index (Phi) is 9.95. The third kappa shape index (κ3) is 8.81. The van der Waals surface area contributed by atoms with Gasteiger partial charge in [-0.15, -0.1) is 0 Å². The number of nitrogens with zero attached hydrogens (tertiary/aromatic N) is 3.